The minimum absolute atomic E-state index is 0.00547. The van der Waals surface area contributed by atoms with Crippen LogP contribution in [-0.2, 0) is 32.2 Å². The van der Waals surface area contributed by atoms with E-state index in [1.54, 1.807) is 0 Å². The summed E-state index contributed by atoms with van der Waals surface area (Å²) in [4.78, 5) is 28.2. The molecular weight excluding hydrogens is 558 g/mol. The largest absolute Gasteiger partial charge is 0.481 e. The predicted molar refractivity (Wildman–Crippen MR) is 168 cm³/mol. The third-order valence-corrected chi connectivity index (χ3v) is 8.28. The Hall–Kier alpha value is -3.60. The molecule has 9 heteroatoms. The quantitative estimate of drug-likeness (QED) is 0.232. The van der Waals surface area contributed by atoms with Gasteiger partial charge in [0.1, 0.15) is 0 Å². The number of piperazine rings is 1. The number of hydrogen-bond acceptors (Lipinski definition) is 7. The van der Waals surface area contributed by atoms with Crippen LogP contribution < -0.4 is 5.32 Å². The summed E-state index contributed by atoms with van der Waals surface area (Å²) in [5.41, 5.74) is 4.71. The molecule has 0 saturated carbocycles. The lowest BCUT2D eigenvalue weighted by molar-refractivity contribution is -0.253. The number of aliphatic hydroxyl groups is 1. The van der Waals surface area contributed by atoms with Crippen molar-refractivity contribution in [3.63, 3.8) is 0 Å². The van der Waals surface area contributed by atoms with Crippen molar-refractivity contribution in [2.75, 3.05) is 38.0 Å². The first-order valence-corrected chi connectivity index (χ1v) is 15.6. The average Bonchev–Trinajstić information content (AvgIpc) is 3.04. The lowest BCUT2D eigenvalue weighted by atomic mass is 9.99. The van der Waals surface area contributed by atoms with Crippen LogP contribution in [0, 0.1) is 0 Å². The van der Waals surface area contributed by atoms with Crippen molar-refractivity contribution < 1.29 is 29.3 Å². The van der Waals surface area contributed by atoms with Crippen LogP contribution >= 0.6 is 0 Å². The van der Waals surface area contributed by atoms with Gasteiger partial charge in [-0.25, -0.2) is 0 Å². The Balaban J connectivity index is 1.23. The van der Waals surface area contributed by atoms with Crippen molar-refractivity contribution in [3.05, 3.63) is 101 Å². The van der Waals surface area contributed by atoms with Gasteiger partial charge in [-0.2, -0.15) is 0 Å². The first-order valence-electron chi connectivity index (χ1n) is 15.6. The van der Waals surface area contributed by atoms with Crippen LogP contribution in [0.3, 0.4) is 0 Å². The van der Waals surface area contributed by atoms with Gasteiger partial charge in [0, 0.05) is 69.8 Å². The Morgan fingerprint density at radius 3 is 2.25 bits per heavy atom. The summed E-state index contributed by atoms with van der Waals surface area (Å²) < 4.78 is 13.1. The van der Waals surface area contributed by atoms with Gasteiger partial charge in [-0.15, -0.1) is 0 Å². The molecule has 0 spiro atoms. The Kier molecular flexibility index (Phi) is 11.5. The molecule has 3 atom stereocenters. The van der Waals surface area contributed by atoms with E-state index in [9.17, 15) is 14.7 Å². The normalized spacial score (nSPS) is 21.2. The van der Waals surface area contributed by atoms with Gasteiger partial charge in [0.2, 0.25) is 5.91 Å². The molecule has 0 radical (unpaired) electrons. The van der Waals surface area contributed by atoms with E-state index in [0.29, 0.717) is 24.9 Å². The van der Waals surface area contributed by atoms with Gasteiger partial charge < -0.3 is 25.0 Å². The molecule has 2 fully saturated rings. The number of nitrogens with zero attached hydrogens (tertiary/aromatic N) is 2. The zero-order valence-corrected chi connectivity index (χ0v) is 25.1. The van der Waals surface area contributed by atoms with Gasteiger partial charge in [0.15, 0.2) is 6.29 Å². The van der Waals surface area contributed by atoms with Crippen molar-refractivity contribution in [1.29, 1.82) is 0 Å². The summed E-state index contributed by atoms with van der Waals surface area (Å²) in [5.74, 6) is -0.999. The van der Waals surface area contributed by atoms with Crippen LogP contribution in [0.5, 0.6) is 0 Å². The fraction of sp³-hybridized carbons (Fsp3) is 0.429. The van der Waals surface area contributed by atoms with E-state index in [2.05, 4.69) is 45.4 Å². The molecule has 234 valence electrons. The number of aliphatic carboxylic acids is 1. The lowest BCUT2D eigenvalue weighted by Gasteiger charge is -2.41. The van der Waals surface area contributed by atoms with E-state index in [0.717, 1.165) is 56.0 Å². The number of anilines is 1. The molecule has 2 heterocycles. The topological polar surface area (TPSA) is 112 Å². The number of carboxylic acids is 1. The van der Waals surface area contributed by atoms with Crippen LogP contribution in [0.2, 0.25) is 0 Å². The van der Waals surface area contributed by atoms with Gasteiger partial charge in [-0.05, 0) is 41.7 Å². The maximum absolute atomic E-state index is 12.5. The number of aliphatic hydroxyl groups excluding tert-OH is 1. The summed E-state index contributed by atoms with van der Waals surface area (Å²) in [5, 5.41) is 21.3. The standard InChI is InChI=1S/C35H43N3O6/c39-25-27-13-15-28(16-14-27)32-22-31(24-38-19-17-37(18-20-38)23-26-7-2-1-3-8-26)43-35(44-32)29-9-6-10-30(21-29)36-33(40)11-4-5-12-34(41)42/h1-3,6-10,13-16,21,31-32,35,39H,4-5,11-12,17-20,22-25H2,(H,36,40)(H,41,42)/t31-,32+,35+/m0/s1. The molecule has 9 nitrogen and oxygen atoms in total. The summed E-state index contributed by atoms with van der Waals surface area (Å²) in [6.07, 6.45) is 1.19. The van der Waals surface area contributed by atoms with E-state index in [1.165, 1.54) is 5.56 Å². The van der Waals surface area contributed by atoms with Crippen molar-refractivity contribution in [3.8, 4) is 0 Å². The molecular formula is C35H43N3O6. The molecule has 0 aliphatic carbocycles. The summed E-state index contributed by atoms with van der Waals surface area (Å²) >= 11 is 0. The monoisotopic (exact) mass is 601 g/mol. The number of carbonyl (C=O) groups is 2. The molecule has 0 bridgehead atoms. The number of carbonyl (C=O) groups excluding carboxylic acids is 1. The third-order valence-electron chi connectivity index (χ3n) is 8.28. The number of carboxylic acid groups (broad SMARTS) is 1. The molecule has 2 saturated heterocycles. The summed E-state index contributed by atoms with van der Waals surface area (Å²) in [6.45, 7) is 5.72. The van der Waals surface area contributed by atoms with Crippen molar-refractivity contribution in [2.24, 2.45) is 0 Å². The second-order valence-corrected chi connectivity index (χ2v) is 11.7. The van der Waals surface area contributed by atoms with Crippen molar-refractivity contribution in [2.45, 2.75) is 63.8 Å². The van der Waals surface area contributed by atoms with Gasteiger partial charge in [0.25, 0.3) is 0 Å². The van der Waals surface area contributed by atoms with Gasteiger partial charge in [-0.1, -0.05) is 66.7 Å². The highest BCUT2D eigenvalue weighted by Gasteiger charge is 2.34. The number of ether oxygens (including phenoxy) is 2. The zero-order chi connectivity index (χ0) is 30.7. The first-order chi connectivity index (χ1) is 21.4. The highest BCUT2D eigenvalue weighted by molar-refractivity contribution is 5.90. The van der Waals surface area contributed by atoms with Crippen LogP contribution in [0.25, 0.3) is 0 Å². The molecule has 3 aromatic carbocycles. The molecule has 2 aliphatic heterocycles. The van der Waals surface area contributed by atoms with E-state index in [4.69, 9.17) is 14.6 Å². The minimum Gasteiger partial charge on any atom is -0.481 e. The predicted octanol–water partition coefficient (Wildman–Crippen LogP) is 5.13. The van der Waals surface area contributed by atoms with Crippen LogP contribution in [0.4, 0.5) is 5.69 Å². The molecule has 44 heavy (non-hydrogen) atoms. The molecule has 0 unspecified atom stereocenters. The van der Waals surface area contributed by atoms with Gasteiger partial charge in [-0.3, -0.25) is 19.4 Å². The summed E-state index contributed by atoms with van der Waals surface area (Å²) in [6, 6.07) is 26.0. The Morgan fingerprint density at radius 1 is 0.795 bits per heavy atom. The maximum Gasteiger partial charge on any atom is 0.303 e. The number of rotatable bonds is 13. The zero-order valence-electron chi connectivity index (χ0n) is 25.1. The fourth-order valence-electron chi connectivity index (χ4n) is 5.84. The smallest absolute Gasteiger partial charge is 0.303 e. The SMILES string of the molecule is O=C(O)CCCCC(=O)Nc1cccc([C@@H]2O[C@H](CN3CCN(Cc4ccccc4)CC3)C[C@H](c3ccc(CO)cc3)O2)c1. The van der Waals surface area contributed by atoms with Gasteiger partial charge >= 0.3 is 5.97 Å². The van der Waals surface area contributed by atoms with Gasteiger partial charge in [0.05, 0.1) is 18.8 Å². The minimum atomic E-state index is -0.850. The van der Waals surface area contributed by atoms with Crippen molar-refractivity contribution in [1.82, 2.24) is 9.80 Å². The van der Waals surface area contributed by atoms with Crippen LogP contribution in [-0.4, -0.2) is 70.7 Å². The number of hydrogen-bond donors (Lipinski definition) is 3. The molecule has 3 aromatic rings. The highest BCUT2D eigenvalue weighted by atomic mass is 16.7. The second-order valence-electron chi connectivity index (χ2n) is 11.7. The number of amides is 1. The third kappa shape index (κ3) is 9.45. The molecule has 0 aromatic heterocycles. The average molecular weight is 602 g/mol. The number of unbranched alkanes of at least 4 members (excludes halogenated alkanes) is 1. The van der Waals surface area contributed by atoms with Crippen molar-refractivity contribution >= 4 is 17.6 Å². The number of nitrogens with one attached hydrogen (secondary N) is 1. The van der Waals surface area contributed by atoms with E-state index in [-0.39, 0.29) is 37.6 Å². The lowest BCUT2D eigenvalue weighted by Crippen LogP contribution is -2.49. The Bertz CT molecular complexity index is 1340. The van der Waals surface area contributed by atoms with E-state index in [1.807, 2.05) is 48.5 Å². The molecule has 3 N–H and O–H groups in total. The van der Waals surface area contributed by atoms with Crippen LogP contribution in [0.15, 0.2) is 78.9 Å². The highest BCUT2D eigenvalue weighted by Crippen LogP contribution is 2.38. The van der Waals surface area contributed by atoms with E-state index >= 15 is 0 Å². The fourth-order valence-corrected chi connectivity index (χ4v) is 5.84. The van der Waals surface area contributed by atoms with E-state index < -0.39 is 12.3 Å². The second kappa shape index (κ2) is 15.9. The Morgan fingerprint density at radius 2 is 1.52 bits per heavy atom. The molecule has 2 aliphatic rings. The number of benzene rings is 3. The Labute approximate surface area is 259 Å². The maximum atomic E-state index is 12.5. The van der Waals surface area contributed by atoms with Crippen LogP contribution in [0.1, 0.15) is 66.8 Å². The molecule has 1 amide bonds. The first kappa shape index (κ1) is 31.8. The molecule has 5 rings (SSSR count). The summed E-state index contributed by atoms with van der Waals surface area (Å²) in [7, 11) is 0.